The molecule has 0 fully saturated rings. The number of fused-ring (bicyclic) bond motifs is 1. The van der Waals surface area contributed by atoms with E-state index in [-0.39, 0.29) is 11.6 Å². The molecular weight excluding hydrogens is 250 g/mol. The maximum Gasteiger partial charge on any atom is 0.330 e. The number of aryl methyl sites for hydroxylation is 1. The topological polar surface area (TPSA) is 119 Å². The summed E-state index contributed by atoms with van der Waals surface area (Å²) in [6, 6.07) is -0.339. The summed E-state index contributed by atoms with van der Waals surface area (Å²) >= 11 is 0. The predicted molar refractivity (Wildman–Crippen MR) is 70.1 cm³/mol. The Morgan fingerprint density at radius 1 is 1.42 bits per heavy atom. The van der Waals surface area contributed by atoms with Gasteiger partial charge in [-0.3, -0.25) is 14.3 Å². The predicted octanol–water partition coefficient (Wildman–Crippen LogP) is -0.531. The fourth-order valence-corrected chi connectivity index (χ4v) is 1.85. The monoisotopic (exact) mass is 267 g/mol. The summed E-state index contributed by atoms with van der Waals surface area (Å²) < 4.78 is 6.36. The van der Waals surface area contributed by atoms with Gasteiger partial charge in [-0.05, 0) is 13.3 Å². The summed E-state index contributed by atoms with van der Waals surface area (Å²) in [5, 5.41) is 0. The third-order valence-electron chi connectivity index (χ3n) is 2.81. The number of aromatic nitrogens is 4. The summed E-state index contributed by atoms with van der Waals surface area (Å²) in [5.74, 6) is 0.478. The Kier molecular flexibility index (Phi) is 3.82. The number of hydrogen-bond acceptors (Lipinski definition) is 5. The van der Waals surface area contributed by atoms with E-state index in [0.717, 1.165) is 0 Å². The van der Waals surface area contributed by atoms with Crippen molar-refractivity contribution >= 4 is 11.2 Å². The van der Waals surface area contributed by atoms with Crippen molar-refractivity contribution in [2.24, 2.45) is 5.73 Å². The Balaban J connectivity index is 2.55. The van der Waals surface area contributed by atoms with Gasteiger partial charge >= 0.3 is 5.69 Å². The zero-order chi connectivity index (χ0) is 14.0. The van der Waals surface area contributed by atoms with Crippen molar-refractivity contribution < 1.29 is 4.74 Å². The van der Waals surface area contributed by atoms with E-state index in [9.17, 15) is 9.59 Å². The van der Waals surface area contributed by atoms with Crippen LogP contribution in [0.5, 0.6) is 0 Å². The van der Waals surface area contributed by atoms with E-state index < -0.39 is 11.2 Å². The Morgan fingerprint density at radius 3 is 2.79 bits per heavy atom. The first-order valence-electron chi connectivity index (χ1n) is 6.02. The third kappa shape index (κ3) is 2.59. The van der Waals surface area contributed by atoms with Gasteiger partial charge in [0.2, 0.25) is 0 Å². The van der Waals surface area contributed by atoms with Crippen molar-refractivity contribution in [3.63, 3.8) is 0 Å². The van der Waals surface area contributed by atoms with E-state index in [1.807, 2.05) is 0 Å². The molecule has 1 atom stereocenters. The SMILES string of the molecule is COCCCn1c(=O)[nH]c(=O)c2[nH]c(C(C)N)nc21. The third-order valence-corrected chi connectivity index (χ3v) is 2.81. The second-order valence-corrected chi connectivity index (χ2v) is 4.37. The summed E-state index contributed by atoms with van der Waals surface area (Å²) in [6.45, 7) is 2.69. The number of aromatic amines is 2. The summed E-state index contributed by atoms with van der Waals surface area (Å²) in [5.41, 5.74) is 5.36. The van der Waals surface area contributed by atoms with Crippen LogP contribution < -0.4 is 17.0 Å². The summed E-state index contributed by atoms with van der Waals surface area (Å²) in [4.78, 5) is 32.9. The van der Waals surface area contributed by atoms with Gasteiger partial charge in [-0.25, -0.2) is 9.78 Å². The van der Waals surface area contributed by atoms with Crippen LogP contribution in [0.4, 0.5) is 0 Å². The maximum atomic E-state index is 11.8. The number of imidazole rings is 1. The summed E-state index contributed by atoms with van der Waals surface area (Å²) in [7, 11) is 1.59. The maximum absolute atomic E-state index is 11.8. The fraction of sp³-hybridized carbons (Fsp3) is 0.545. The van der Waals surface area contributed by atoms with Gasteiger partial charge in [0, 0.05) is 20.3 Å². The lowest BCUT2D eigenvalue weighted by molar-refractivity contribution is 0.190. The molecule has 0 bridgehead atoms. The highest BCUT2D eigenvalue weighted by atomic mass is 16.5. The molecule has 0 saturated heterocycles. The van der Waals surface area contributed by atoms with Crippen LogP contribution in [0.3, 0.4) is 0 Å². The normalized spacial score (nSPS) is 13.0. The minimum atomic E-state index is -0.484. The van der Waals surface area contributed by atoms with Gasteiger partial charge in [0.05, 0.1) is 6.04 Å². The van der Waals surface area contributed by atoms with Crippen LogP contribution in [0.2, 0.25) is 0 Å². The second kappa shape index (κ2) is 5.37. The molecule has 2 aromatic heterocycles. The van der Waals surface area contributed by atoms with E-state index in [1.165, 1.54) is 4.57 Å². The lowest BCUT2D eigenvalue weighted by Crippen LogP contribution is -2.30. The Bertz CT molecular complexity index is 682. The number of hydrogen-bond donors (Lipinski definition) is 3. The molecule has 2 aromatic rings. The molecule has 8 heteroatoms. The quantitative estimate of drug-likeness (QED) is 0.629. The van der Waals surface area contributed by atoms with Crippen molar-refractivity contribution in [3.05, 3.63) is 26.7 Å². The number of nitrogens with zero attached hydrogens (tertiary/aromatic N) is 2. The zero-order valence-electron chi connectivity index (χ0n) is 10.9. The molecule has 8 nitrogen and oxygen atoms in total. The largest absolute Gasteiger partial charge is 0.385 e. The molecule has 2 rings (SSSR count). The van der Waals surface area contributed by atoms with E-state index in [4.69, 9.17) is 10.5 Å². The first-order chi connectivity index (χ1) is 9.04. The molecule has 0 aliphatic heterocycles. The molecule has 0 aliphatic carbocycles. The van der Waals surface area contributed by atoms with Crippen LogP contribution in [0.15, 0.2) is 9.59 Å². The van der Waals surface area contributed by atoms with Gasteiger partial charge in [-0.2, -0.15) is 0 Å². The molecule has 1 unspecified atom stereocenters. The van der Waals surface area contributed by atoms with Gasteiger partial charge in [0.25, 0.3) is 5.56 Å². The van der Waals surface area contributed by atoms with Crippen molar-refractivity contribution in [1.82, 2.24) is 19.5 Å². The lowest BCUT2D eigenvalue weighted by Gasteiger charge is -2.04. The molecule has 0 amide bonds. The highest BCUT2D eigenvalue weighted by Gasteiger charge is 2.14. The lowest BCUT2D eigenvalue weighted by atomic mass is 10.3. The first kappa shape index (κ1) is 13.5. The van der Waals surface area contributed by atoms with Gasteiger partial charge in [0.1, 0.15) is 11.3 Å². The number of ether oxygens (including phenoxy) is 1. The minimum Gasteiger partial charge on any atom is -0.385 e. The van der Waals surface area contributed by atoms with E-state index >= 15 is 0 Å². The van der Waals surface area contributed by atoms with E-state index in [1.54, 1.807) is 14.0 Å². The van der Waals surface area contributed by atoms with Crippen molar-refractivity contribution in [3.8, 4) is 0 Å². The van der Waals surface area contributed by atoms with Crippen LogP contribution in [-0.2, 0) is 11.3 Å². The van der Waals surface area contributed by atoms with Gasteiger partial charge in [-0.1, -0.05) is 0 Å². The van der Waals surface area contributed by atoms with Crippen molar-refractivity contribution in [1.29, 1.82) is 0 Å². The molecular formula is C11H17N5O3. The number of H-pyrrole nitrogens is 2. The highest BCUT2D eigenvalue weighted by Crippen LogP contribution is 2.10. The standard InChI is InChI=1S/C11H17N5O3/c1-6(12)8-13-7-9(14-8)16(4-3-5-19-2)11(18)15-10(7)17/h6H,3-5,12H2,1-2H3,(H,13,14)(H,15,17,18). The highest BCUT2D eigenvalue weighted by molar-refractivity contribution is 5.69. The minimum absolute atomic E-state index is 0.268. The van der Waals surface area contributed by atoms with Crippen LogP contribution in [0.25, 0.3) is 11.2 Å². The molecule has 0 spiro atoms. The Hall–Kier alpha value is -1.93. The molecule has 0 aliphatic rings. The molecule has 0 aromatic carbocycles. The number of nitrogens with one attached hydrogen (secondary N) is 2. The van der Waals surface area contributed by atoms with Crippen LogP contribution in [0, 0.1) is 0 Å². The zero-order valence-corrected chi connectivity index (χ0v) is 10.9. The van der Waals surface area contributed by atoms with Crippen molar-refractivity contribution in [2.75, 3.05) is 13.7 Å². The van der Waals surface area contributed by atoms with E-state index in [2.05, 4.69) is 15.0 Å². The first-order valence-corrected chi connectivity index (χ1v) is 6.02. The van der Waals surface area contributed by atoms with Crippen LogP contribution >= 0.6 is 0 Å². The number of methoxy groups -OCH3 is 1. The average molecular weight is 267 g/mol. The van der Waals surface area contributed by atoms with Crippen LogP contribution in [0.1, 0.15) is 25.2 Å². The molecule has 19 heavy (non-hydrogen) atoms. The second-order valence-electron chi connectivity index (χ2n) is 4.37. The fourth-order valence-electron chi connectivity index (χ4n) is 1.85. The summed E-state index contributed by atoms with van der Waals surface area (Å²) in [6.07, 6.45) is 0.651. The molecule has 4 N–H and O–H groups in total. The van der Waals surface area contributed by atoms with Gasteiger partial charge in [-0.15, -0.1) is 0 Å². The number of rotatable bonds is 5. The van der Waals surface area contributed by atoms with Gasteiger partial charge in [0.15, 0.2) is 5.65 Å². The van der Waals surface area contributed by atoms with Crippen molar-refractivity contribution in [2.45, 2.75) is 25.9 Å². The van der Waals surface area contributed by atoms with Gasteiger partial charge < -0.3 is 15.5 Å². The number of nitrogens with two attached hydrogens (primary N) is 1. The smallest absolute Gasteiger partial charge is 0.330 e. The van der Waals surface area contributed by atoms with Crippen LogP contribution in [-0.4, -0.2) is 33.2 Å². The molecule has 0 radical (unpaired) electrons. The average Bonchev–Trinajstić information content (AvgIpc) is 2.79. The Labute approximate surface area is 108 Å². The molecule has 0 saturated carbocycles. The molecule has 2 heterocycles. The van der Waals surface area contributed by atoms with E-state index in [0.29, 0.717) is 31.0 Å². The Morgan fingerprint density at radius 2 is 2.16 bits per heavy atom. The molecule has 104 valence electrons.